The highest BCUT2D eigenvalue weighted by molar-refractivity contribution is 7.80. The molecule has 2 amide bonds. The van der Waals surface area contributed by atoms with Gasteiger partial charge in [0.2, 0.25) is 0 Å². The molecule has 0 unspecified atom stereocenters. The number of aromatic carboxylic acids is 1. The molecule has 38 heavy (non-hydrogen) atoms. The van der Waals surface area contributed by atoms with Crippen molar-refractivity contribution >= 4 is 46.9 Å². The molecular weight excluding hydrogens is 504 g/mol. The molecule has 194 valence electrons. The molecule has 8 nitrogen and oxygen atoms in total. The van der Waals surface area contributed by atoms with E-state index < -0.39 is 17.8 Å². The summed E-state index contributed by atoms with van der Waals surface area (Å²) in [5.74, 6) is -1.19. The SMILES string of the molecule is CCOc1cc(/C=C2\C(=O)NC(=S)N(c3ccc(CC)cc3)C2=O)ccc1OCc1ccc(C(=O)O)cc1. The topological polar surface area (TPSA) is 105 Å². The first kappa shape index (κ1) is 26.6. The van der Waals surface area contributed by atoms with Crippen LogP contribution in [0.2, 0.25) is 0 Å². The molecule has 1 aliphatic rings. The van der Waals surface area contributed by atoms with Crippen LogP contribution in [0.3, 0.4) is 0 Å². The van der Waals surface area contributed by atoms with E-state index in [9.17, 15) is 14.4 Å². The first-order valence-electron chi connectivity index (χ1n) is 12.0. The van der Waals surface area contributed by atoms with Gasteiger partial charge in [0.25, 0.3) is 11.8 Å². The van der Waals surface area contributed by atoms with Crippen molar-refractivity contribution < 1.29 is 29.0 Å². The van der Waals surface area contributed by atoms with E-state index in [0.29, 0.717) is 29.4 Å². The van der Waals surface area contributed by atoms with Gasteiger partial charge in [-0.25, -0.2) is 4.79 Å². The van der Waals surface area contributed by atoms with Crippen LogP contribution < -0.4 is 19.7 Å². The number of carbonyl (C=O) groups is 3. The normalized spacial score (nSPS) is 14.4. The smallest absolute Gasteiger partial charge is 0.335 e. The van der Waals surface area contributed by atoms with Gasteiger partial charge < -0.3 is 14.6 Å². The lowest BCUT2D eigenvalue weighted by molar-refractivity contribution is -0.122. The van der Waals surface area contributed by atoms with Crippen LogP contribution in [0.4, 0.5) is 5.69 Å². The van der Waals surface area contributed by atoms with Crippen LogP contribution in [0.5, 0.6) is 11.5 Å². The van der Waals surface area contributed by atoms with E-state index >= 15 is 0 Å². The van der Waals surface area contributed by atoms with Gasteiger partial charge in [-0.1, -0.05) is 37.3 Å². The lowest BCUT2D eigenvalue weighted by Gasteiger charge is -2.29. The van der Waals surface area contributed by atoms with Gasteiger partial charge in [0, 0.05) is 0 Å². The van der Waals surface area contributed by atoms with Gasteiger partial charge in [-0.15, -0.1) is 0 Å². The molecule has 0 aliphatic carbocycles. The molecule has 1 heterocycles. The average Bonchev–Trinajstić information content (AvgIpc) is 2.91. The van der Waals surface area contributed by atoms with Crippen LogP contribution in [0.15, 0.2) is 72.3 Å². The molecule has 9 heteroatoms. The monoisotopic (exact) mass is 530 g/mol. The Labute approximate surface area is 225 Å². The number of carbonyl (C=O) groups excluding carboxylic acids is 2. The molecule has 0 aromatic heterocycles. The molecule has 0 spiro atoms. The Morgan fingerprint density at radius 3 is 2.26 bits per heavy atom. The maximum atomic E-state index is 13.3. The summed E-state index contributed by atoms with van der Waals surface area (Å²) >= 11 is 5.28. The second kappa shape index (κ2) is 11.7. The Bertz CT molecular complexity index is 1410. The number of aryl methyl sites for hydroxylation is 1. The minimum absolute atomic E-state index is 0.0246. The van der Waals surface area contributed by atoms with Crippen molar-refractivity contribution in [1.82, 2.24) is 5.32 Å². The highest BCUT2D eigenvalue weighted by atomic mass is 32.1. The second-order valence-electron chi connectivity index (χ2n) is 8.41. The lowest BCUT2D eigenvalue weighted by Crippen LogP contribution is -2.54. The van der Waals surface area contributed by atoms with Crippen molar-refractivity contribution in [2.24, 2.45) is 0 Å². The van der Waals surface area contributed by atoms with Gasteiger partial charge in [0.05, 0.1) is 17.9 Å². The number of thiocarbonyl (C=S) groups is 1. The van der Waals surface area contributed by atoms with Crippen LogP contribution in [0.25, 0.3) is 6.08 Å². The van der Waals surface area contributed by atoms with E-state index in [1.165, 1.54) is 23.1 Å². The molecule has 1 fully saturated rings. The predicted octanol–water partition coefficient (Wildman–Crippen LogP) is 4.76. The predicted molar refractivity (Wildman–Crippen MR) is 147 cm³/mol. The molecule has 1 aliphatic heterocycles. The molecule has 2 N–H and O–H groups in total. The summed E-state index contributed by atoms with van der Waals surface area (Å²) in [7, 11) is 0. The molecule has 3 aromatic rings. The van der Waals surface area contributed by atoms with Crippen molar-refractivity contribution in [2.45, 2.75) is 26.9 Å². The number of amides is 2. The summed E-state index contributed by atoms with van der Waals surface area (Å²) in [5.41, 5.74) is 3.17. The Morgan fingerprint density at radius 1 is 0.947 bits per heavy atom. The van der Waals surface area contributed by atoms with E-state index in [2.05, 4.69) is 5.32 Å². The van der Waals surface area contributed by atoms with Crippen LogP contribution >= 0.6 is 12.2 Å². The van der Waals surface area contributed by atoms with Crippen molar-refractivity contribution in [3.8, 4) is 11.5 Å². The third-order valence-corrected chi connectivity index (χ3v) is 6.16. The quantitative estimate of drug-likeness (QED) is 0.234. The first-order valence-corrected chi connectivity index (χ1v) is 12.4. The summed E-state index contributed by atoms with van der Waals surface area (Å²) in [6, 6.07) is 18.9. The van der Waals surface area contributed by atoms with E-state index in [0.717, 1.165) is 17.5 Å². The Kier molecular flexibility index (Phi) is 8.18. The largest absolute Gasteiger partial charge is 0.490 e. The highest BCUT2D eigenvalue weighted by Crippen LogP contribution is 2.31. The zero-order valence-electron chi connectivity index (χ0n) is 20.9. The third-order valence-electron chi connectivity index (χ3n) is 5.88. The summed E-state index contributed by atoms with van der Waals surface area (Å²) < 4.78 is 11.6. The lowest BCUT2D eigenvalue weighted by atomic mass is 10.1. The third kappa shape index (κ3) is 5.90. The number of benzene rings is 3. The molecule has 1 saturated heterocycles. The Balaban J connectivity index is 1.57. The second-order valence-corrected chi connectivity index (χ2v) is 8.79. The van der Waals surface area contributed by atoms with Gasteiger partial charge in [0.1, 0.15) is 12.2 Å². The number of rotatable bonds is 9. The minimum Gasteiger partial charge on any atom is -0.490 e. The molecule has 4 rings (SSSR count). The van der Waals surface area contributed by atoms with Gasteiger partial charge in [-0.2, -0.15) is 0 Å². The number of anilines is 1. The van der Waals surface area contributed by atoms with E-state index in [1.54, 1.807) is 42.5 Å². The Hall–Kier alpha value is -4.50. The number of nitrogens with zero attached hydrogens (tertiary/aromatic N) is 1. The summed E-state index contributed by atoms with van der Waals surface area (Å²) in [6.07, 6.45) is 2.35. The van der Waals surface area contributed by atoms with Crippen LogP contribution in [-0.2, 0) is 22.6 Å². The molecule has 0 atom stereocenters. The average molecular weight is 531 g/mol. The number of hydrogen-bond acceptors (Lipinski definition) is 6. The number of hydrogen-bond donors (Lipinski definition) is 2. The van der Waals surface area contributed by atoms with Gasteiger partial charge >= 0.3 is 5.97 Å². The van der Waals surface area contributed by atoms with Gasteiger partial charge in [-0.3, -0.25) is 19.8 Å². The van der Waals surface area contributed by atoms with Crippen molar-refractivity contribution in [3.63, 3.8) is 0 Å². The molecule has 0 saturated carbocycles. The Morgan fingerprint density at radius 2 is 1.63 bits per heavy atom. The first-order chi connectivity index (χ1) is 18.3. The number of nitrogens with one attached hydrogen (secondary N) is 1. The minimum atomic E-state index is -0.995. The zero-order valence-corrected chi connectivity index (χ0v) is 21.7. The number of ether oxygens (including phenoxy) is 2. The highest BCUT2D eigenvalue weighted by Gasteiger charge is 2.34. The van der Waals surface area contributed by atoms with Crippen molar-refractivity contribution in [1.29, 1.82) is 0 Å². The fourth-order valence-electron chi connectivity index (χ4n) is 3.85. The van der Waals surface area contributed by atoms with E-state index in [1.807, 2.05) is 26.0 Å². The summed E-state index contributed by atoms with van der Waals surface area (Å²) in [4.78, 5) is 38.4. The summed E-state index contributed by atoms with van der Waals surface area (Å²) in [6.45, 7) is 4.45. The van der Waals surface area contributed by atoms with Crippen molar-refractivity contribution in [3.05, 3.63) is 94.6 Å². The van der Waals surface area contributed by atoms with Crippen LogP contribution in [0, 0.1) is 0 Å². The number of carboxylic acid groups (broad SMARTS) is 1. The van der Waals surface area contributed by atoms with Gasteiger partial charge in [0.15, 0.2) is 16.6 Å². The zero-order chi connectivity index (χ0) is 27.2. The van der Waals surface area contributed by atoms with E-state index in [4.69, 9.17) is 26.8 Å². The van der Waals surface area contributed by atoms with Crippen molar-refractivity contribution in [2.75, 3.05) is 11.5 Å². The standard InChI is InChI=1S/C29H26N2O6S/c1-3-18-7-12-22(13-8-18)31-27(33)23(26(32)30-29(31)38)15-20-9-14-24(25(16-20)36-4-2)37-17-19-5-10-21(11-6-19)28(34)35/h5-16H,3-4,17H2,1-2H3,(H,34,35)(H,30,32,38)/b23-15+. The van der Waals surface area contributed by atoms with E-state index in [-0.39, 0.29) is 22.9 Å². The maximum Gasteiger partial charge on any atom is 0.335 e. The molecule has 0 bridgehead atoms. The maximum absolute atomic E-state index is 13.3. The van der Waals surface area contributed by atoms with Crippen LogP contribution in [-0.4, -0.2) is 34.6 Å². The summed E-state index contributed by atoms with van der Waals surface area (Å²) in [5, 5.41) is 11.7. The molecule has 3 aromatic carbocycles. The molecule has 0 radical (unpaired) electrons. The van der Waals surface area contributed by atoms with Crippen LogP contribution in [0.1, 0.15) is 40.9 Å². The molecular formula is C29H26N2O6S. The fraction of sp³-hybridized carbons (Fsp3) is 0.172. The number of carboxylic acids is 1. The fourth-order valence-corrected chi connectivity index (χ4v) is 4.13. The van der Waals surface area contributed by atoms with Gasteiger partial charge in [-0.05, 0) is 84.7 Å².